The Kier molecular flexibility index (Phi) is 4.63. The van der Waals surface area contributed by atoms with Crippen LogP contribution < -0.4 is 5.73 Å². The van der Waals surface area contributed by atoms with Gasteiger partial charge in [-0.3, -0.25) is 4.79 Å². The van der Waals surface area contributed by atoms with Gasteiger partial charge in [0.05, 0.1) is 5.56 Å². The monoisotopic (exact) mass is 282 g/mol. The Morgan fingerprint density at radius 2 is 1.71 bits per heavy atom. The minimum Gasteiger partial charge on any atom is -0.398 e. The summed E-state index contributed by atoms with van der Waals surface area (Å²) in [5.41, 5.74) is 10.5. The molecular formula is C18H22N2O. The zero-order valence-corrected chi connectivity index (χ0v) is 12.9. The van der Waals surface area contributed by atoms with Crippen LogP contribution in [0, 0.1) is 6.92 Å². The van der Waals surface area contributed by atoms with Crippen LogP contribution in [-0.4, -0.2) is 17.9 Å². The van der Waals surface area contributed by atoms with Gasteiger partial charge in [0, 0.05) is 19.3 Å². The van der Waals surface area contributed by atoms with Gasteiger partial charge in [0.1, 0.15) is 0 Å². The number of carbonyl (C=O) groups excluding carboxylic acids is 1. The molecule has 0 spiro atoms. The SMILES string of the molecule is CCc1ccc(CN(C)C(=O)c2cccc(C)c2N)cc1. The van der Waals surface area contributed by atoms with Gasteiger partial charge in [0.2, 0.25) is 0 Å². The normalized spacial score (nSPS) is 10.4. The standard InChI is InChI=1S/C18H22N2O/c1-4-14-8-10-15(11-9-14)12-20(3)18(21)16-7-5-6-13(2)17(16)19/h5-11H,4,12,19H2,1-3H3. The molecule has 0 aromatic heterocycles. The van der Waals surface area contributed by atoms with Crippen LogP contribution >= 0.6 is 0 Å². The number of carbonyl (C=O) groups is 1. The number of rotatable bonds is 4. The van der Waals surface area contributed by atoms with E-state index in [9.17, 15) is 4.79 Å². The van der Waals surface area contributed by atoms with Crippen LogP contribution in [-0.2, 0) is 13.0 Å². The molecule has 2 N–H and O–H groups in total. The van der Waals surface area contributed by atoms with Crippen LogP contribution in [0.25, 0.3) is 0 Å². The van der Waals surface area contributed by atoms with Crippen molar-refractivity contribution in [2.24, 2.45) is 0 Å². The number of amides is 1. The Bertz CT molecular complexity index is 632. The van der Waals surface area contributed by atoms with Crippen molar-refractivity contribution in [1.29, 1.82) is 0 Å². The Balaban J connectivity index is 2.13. The fourth-order valence-electron chi connectivity index (χ4n) is 2.30. The maximum absolute atomic E-state index is 12.5. The van der Waals surface area contributed by atoms with E-state index in [1.165, 1.54) is 5.56 Å². The van der Waals surface area contributed by atoms with E-state index in [0.29, 0.717) is 17.8 Å². The van der Waals surface area contributed by atoms with Crippen molar-refractivity contribution in [2.75, 3.05) is 12.8 Å². The smallest absolute Gasteiger partial charge is 0.255 e. The fraction of sp³-hybridized carbons (Fsp3) is 0.278. The van der Waals surface area contributed by atoms with Gasteiger partial charge in [-0.05, 0) is 36.1 Å². The molecule has 2 aromatic rings. The lowest BCUT2D eigenvalue weighted by molar-refractivity contribution is 0.0786. The summed E-state index contributed by atoms with van der Waals surface area (Å²) in [6.45, 7) is 4.62. The van der Waals surface area contributed by atoms with Crippen LogP contribution in [0.5, 0.6) is 0 Å². The number of para-hydroxylation sites is 1. The van der Waals surface area contributed by atoms with Crippen LogP contribution in [0.4, 0.5) is 5.69 Å². The fourth-order valence-corrected chi connectivity index (χ4v) is 2.30. The lowest BCUT2D eigenvalue weighted by Crippen LogP contribution is -2.27. The third-order valence-electron chi connectivity index (χ3n) is 3.75. The van der Waals surface area contributed by atoms with E-state index in [1.54, 1.807) is 18.0 Å². The van der Waals surface area contributed by atoms with Gasteiger partial charge < -0.3 is 10.6 Å². The molecule has 0 aliphatic carbocycles. The highest BCUT2D eigenvalue weighted by atomic mass is 16.2. The minimum atomic E-state index is -0.0456. The molecule has 2 rings (SSSR count). The summed E-state index contributed by atoms with van der Waals surface area (Å²) in [4.78, 5) is 14.2. The number of nitrogens with two attached hydrogens (primary N) is 1. The molecule has 0 aliphatic heterocycles. The predicted molar refractivity (Wildman–Crippen MR) is 87.2 cm³/mol. The maximum atomic E-state index is 12.5. The van der Waals surface area contributed by atoms with Crippen LogP contribution in [0.15, 0.2) is 42.5 Å². The maximum Gasteiger partial charge on any atom is 0.255 e. The molecule has 0 aliphatic rings. The van der Waals surface area contributed by atoms with Crippen molar-refractivity contribution < 1.29 is 4.79 Å². The van der Waals surface area contributed by atoms with Gasteiger partial charge in [-0.2, -0.15) is 0 Å². The minimum absolute atomic E-state index is 0.0456. The third kappa shape index (κ3) is 3.43. The summed E-state index contributed by atoms with van der Waals surface area (Å²) in [5, 5.41) is 0. The van der Waals surface area contributed by atoms with E-state index in [0.717, 1.165) is 17.5 Å². The zero-order valence-electron chi connectivity index (χ0n) is 12.9. The van der Waals surface area contributed by atoms with Crippen molar-refractivity contribution in [3.63, 3.8) is 0 Å². The van der Waals surface area contributed by atoms with E-state index < -0.39 is 0 Å². The van der Waals surface area contributed by atoms with Gasteiger partial charge in [-0.1, -0.05) is 43.3 Å². The molecule has 3 nitrogen and oxygen atoms in total. The zero-order chi connectivity index (χ0) is 15.4. The number of hydrogen-bond acceptors (Lipinski definition) is 2. The topological polar surface area (TPSA) is 46.3 Å². The van der Waals surface area contributed by atoms with E-state index in [4.69, 9.17) is 5.73 Å². The molecule has 0 bridgehead atoms. The highest BCUT2D eigenvalue weighted by Gasteiger charge is 2.15. The summed E-state index contributed by atoms with van der Waals surface area (Å²) < 4.78 is 0. The molecule has 0 heterocycles. The quantitative estimate of drug-likeness (QED) is 0.873. The number of hydrogen-bond donors (Lipinski definition) is 1. The lowest BCUT2D eigenvalue weighted by Gasteiger charge is -2.19. The number of aryl methyl sites for hydroxylation is 2. The molecule has 0 radical (unpaired) electrons. The first-order valence-corrected chi connectivity index (χ1v) is 7.21. The molecule has 0 atom stereocenters. The molecule has 1 amide bonds. The third-order valence-corrected chi connectivity index (χ3v) is 3.75. The summed E-state index contributed by atoms with van der Waals surface area (Å²) in [5.74, 6) is -0.0456. The van der Waals surface area contributed by atoms with Gasteiger partial charge >= 0.3 is 0 Å². The second kappa shape index (κ2) is 6.44. The van der Waals surface area contributed by atoms with Gasteiger partial charge in [0.15, 0.2) is 0 Å². The summed E-state index contributed by atoms with van der Waals surface area (Å²) in [7, 11) is 1.80. The van der Waals surface area contributed by atoms with Gasteiger partial charge in [0.25, 0.3) is 5.91 Å². The number of benzene rings is 2. The van der Waals surface area contributed by atoms with E-state index in [1.807, 2.05) is 19.1 Å². The average molecular weight is 282 g/mol. The predicted octanol–water partition coefficient (Wildman–Crippen LogP) is 3.41. The highest BCUT2D eigenvalue weighted by Crippen LogP contribution is 2.19. The number of nitrogen functional groups attached to an aromatic ring is 1. The number of nitrogens with zero attached hydrogens (tertiary/aromatic N) is 1. The first kappa shape index (κ1) is 15.1. The first-order chi connectivity index (χ1) is 10.0. The highest BCUT2D eigenvalue weighted by molar-refractivity contribution is 5.99. The Labute approximate surface area is 126 Å². The van der Waals surface area contributed by atoms with Gasteiger partial charge in [-0.25, -0.2) is 0 Å². The summed E-state index contributed by atoms with van der Waals surface area (Å²) >= 11 is 0. The van der Waals surface area contributed by atoms with Crippen molar-refractivity contribution in [3.8, 4) is 0 Å². The Morgan fingerprint density at radius 1 is 1.10 bits per heavy atom. The van der Waals surface area contributed by atoms with Crippen LogP contribution in [0.1, 0.15) is 34.0 Å². The molecule has 110 valence electrons. The molecular weight excluding hydrogens is 260 g/mol. The second-order valence-corrected chi connectivity index (χ2v) is 5.37. The molecule has 0 unspecified atom stereocenters. The average Bonchev–Trinajstić information content (AvgIpc) is 2.50. The van der Waals surface area contributed by atoms with Gasteiger partial charge in [-0.15, -0.1) is 0 Å². The summed E-state index contributed by atoms with van der Waals surface area (Å²) in [6.07, 6.45) is 1.02. The molecule has 0 fully saturated rings. The largest absolute Gasteiger partial charge is 0.398 e. The lowest BCUT2D eigenvalue weighted by atomic mass is 10.1. The Hall–Kier alpha value is -2.29. The Morgan fingerprint density at radius 3 is 2.33 bits per heavy atom. The summed E-state index contributed by atoms with van der Waals surface area (Å²) in [6, 6.07) is 13.9. The molecule has 21 heavy (non-hydrogen) atoms. The molecule has 0 saturated carbocycles. The van der Waals surface area contributed by atoms with Crippen molar-refractivity contribution in [2.45, 2.75) is 26.8 Å². The van der Waals surface area contributed by atoms with Crippen molar-refractivity contribution in [3.05, 3.63) is 64.7 Å². The van der Waals surface area contributed by atoms with E-state index in [-0.39, 0.29) is 5.91 Å². The molecule has 2 aromatic carbocycles. The number of anilines is 1. The van der Waals surface area contributed by atoms with Crippen LogP contribution in [0.2, 0.25) is 0 Å². The van der Waals surface area contributed by atoms with E-state index >= 15 is 0 Å². The molecule has 3 heteroatoms. The van der Waals surface area contributed by atoms with Crippen LogP contribution in [0.3, 0.4) is 0 Å². The molecule has 0 saturated heterocycles. The van der Waals surface area contributed by atoms with Crippen molar-refractivity contribution >= 4 is 11.6 Å². The van der Waals surface area contributed by atoms with E-state index in [2.05, 4.69) is 31.2 Å². The second-order valence-electron chi connectivity index (χ2n) is 5.37. The first-order valence-electron chi connectivity index (χ1n) is 7.21. The van der Waals surface area contributed by atoms with Crippen molar-refractivity contribution in [1.82, 2.24) is 4.90 Å².